The van der Waals surface area contributed by atoms with Crippen LogP contribution in [-0.2, 0) is 6.42 Å². The molecular formula is C11H11FN2. The molecule has 14 heavy (non-hydrogen) atoms. The van der Waals surface area contributed by atoms with Gasteiger partial charge in [0, 0.05) is 11.6 Å². The summed E-state index contributed by atoms with van der Waals surface area (Å²) < 4.78 is 13.5. The zero-order valence-corrected chi connectivity index (χ0v) is 7.70. The summed E-state index contributed by atoms with van der Waals surface area (Å²) in [5, 5.41) is 0.830. The molecule has 0 spiro atoms. The molecule has 1 aromatic heterocycles. The molecule has 0 aliphatic heterocycles. The SMILES string of the molecule is NCCc1cc(F)c2ncccc2c1. The third kappa shape index (κ3) is 1.59. The van der Waals surface area contributed by atoms with Gasteiger partial charge in [0.05, 0.1) is 0 Å². The van der Waals surface area contributed by atoms with Gasteiger partial charge in [0.25, 0.3) is 0 Å². The van der Waals surface area contributed by atoms with Crippen LogP contribution >= 0.6 is 0 Å². The topological polar surface area (TPSA) is 38.9 Å². The Morgan fingerprint density at radius 1 is 1.36 bits per heavy atom. The van der Waals surface area contributed by atoms with E-state index in [0.29, 0.717) is 18.5 Å². The van der Waals surface area contributed by atoms with Gasteiger partial charge in [-0.3, -0.25) is 4.98 Å². The predicted octanol–water partition coefficient (Wildman–Crippen LogP) is 1.88. The maximum atomic E-state index is 13.5. The Hall–Kier alpha value is -1.48. The minimum absolute atomic E-state index is 0.272. The van der Waals surface area contributed by atoms with Gasteiger partial charge in [0.2, 0.25) is 0 Å². The third-order valence-electron chi connectivity index (χ3n) is 2.15. The Labute approximate surface area is 81.6 Å². The van der Waals surface area contributed by atoms with Gasteiger partial charge in [0.1, 0.15) is 11.3 Å². The van der Waals surface area contributed by atoms with E-state index in [4.69, 9.17) is 5.73 Å². The molecule has 0 unspecified atom stereocenters. The van der Waals surface area contributed by atoms with Crippen molar-refractivity contribution in [3.05, 3.63) is 41.8 Å². The Morgan fingerprint density at radius 2 is 2.21 bits per heavy atom. The van der Waals surface area contributed by atoms with Crippen LogP contribution in [0.25, 0.3) is 10.9 Å². The van der Waals surface area contributed by atoms with Gasteiger partial charge >= 0.3 is 0 Å². The van der Waals surface area contributed by atoms with E-state index in [1.165, 1.54) is 6.07 Å². The molecule has 3 heteroatoms. The molecule has 72 valence electrons. The lowest BCUT2D eigenvalue weighted by Gasteiger charge is -2.02. The monoisotopic (exact) mass is 190 g/mol. The largest absolute Gasteiger partial charge is 0.330 e. The van der Waals surface area contributed by atoms with E-state index in [1.54, 1.807) is 12.3 Å². The molecule has 1 heterocycles. The number of pyridine rings is 1. The smallest absolute Gasteiger partial charge is 0.149 e. The van der Waals surface area contributed by atoms with Crippen LogP contribution in [0.2, 0.25) is 0 Å². The lowest BCUT2D eigenvalue weighted by Crippen LogP contribution is -2.03. The highest BCUT2D eigenvalue weighted by Gasteiger charge is 2.03. The normalized spacial score (nSPS) is 10.7. The van der Waals surface area contributed by atoms with Crippen molar-refractivity contribution in [2.24, 2.45) is 5.73 Å². The molecule has 2 aromatic rings. The average Bonchev–Trinajstić information content (AvgIpc) is 2.18. The fraction of sp³-hybridized carbons (Fsp3) is 0.182. The Kier molecular flexibility index (Phi) is 2.41. The van der Waals surface area contributed by atoms with Crippen LogP contribution in [-0.4, -0.2) is 11.5 Å². The standard InChI is InChI=1S/C11H11FN2/c12-10-7-8(3-4-13)6-9-2-1-5-14-11(9)10/h1-2,5-7H,3-4,13H2. The summed E-state index contributed by atoms with van der Waals surface area (Å²) >= 11 is 0. The van der Waals surface area contributed by atoms with E-state index >= 15 is 0 Å². The van der Waals surface area contributed by atoms with Gasteiger partial charge in [0.15, 0.2) is 0 Å². The van der Waals surface area contributed by atoms with Gasteiger partial charge in [-0.15, -0.1) is 0 Å². The number of nitrogens with zero attached hydrogens (tertiary/aromatic N) is 1. The summed E-state index contributed by atoms with van der Waals surface area (Å²) in [6, 6.07) is 7.08. The number of hydrogen-bond acceptors (Lipinski definition) is 2. The summed E-state index contributed by atoms with van der Waals surface area (Å²) in [5.41, 5.74) is 6.76. The first-order valence-corrected chi connectivity index (χ1v) is 4.54. The lowest BCUT2D eigenvalue weighted by atomic mass is 10.1. The first-order valence-electron chi connectivity index (χ1n) is 4.54. The zero-order valence-electron chi connectivity index (χ0n) is 7.70. The number of fused-ring (bicyclic) bond motifs is 1. The number of halogens is 1. The minimum Gasteiger partial charge on any atom is -0.330 e. The quantitative estimate of drug-likeness (QED) is 0.785. The van der Waals surface area contributed by atoms with Crippen molar-refractivity contribution < 1.29 is 4.39 Å². The number of hydrogen-bond donors (Lipinski definition) is 1. The second-order valence-electron chi connectivity index (χ2n) is 3.19. The third-order valence-corrected chi connectivity index (χ3v) is 2.15. The summed E-state index contributed by atoms with van der Waals surface area (Å²) in [6.45, 7) is 0.533. The van der Waals surface area contributed by atoms with E-state index in [0.717, 1.165) is 10.9 Å². The second-order valence-corrected chi connectivity index (χ2v) is 3.19. The molecule has 2 nitrogen and oxygen atoms in total. The van der Waals surface area contributed by atoms with Crippen LogP contribution in [0.3, 0.4) is 0 Å². The van der Waals surface area contributed by atoms with E-state index in [1.807, 2.05) is 12.1 Å². The number of aromatic nitrogens is 1. The maximum absolute atomic E-state index is 13.5. The van der Waals surface area contributed by atoms with Crippen LogP contribution in [0.4, 0.5) is 4.39 Å². The zero-order chi connectivity index (χ0) is 9.97. The van der Waals surface area contributed by atoms with E-state index in [2.05, 4.69) is 4.98 Å². The minimum atomic E-state index is -0.272. The molecule has 1 aromatic carbocycles. The summed E-state index contributed by atoms with van der Waals surface area (Å²) in [7, 11) is 0. The second kappa shape index (κ2) is 3.72. The molecular weight excluding hydrogens is 179 g/mol. The molecule has 0 aliphatic rings. The number of benzene rings is 1. The molecule has 2 rings (SSSR count). The van der Waals surface area contributed by atoms with Crippen molar-refractivity contribution in [1.82, 2.24) is 4.98 Å². The van der Waals surface area contributed by atoms with Gasteiger partial charge in [-0.25, -0.2) is 4.39 Å². The first-order chi connectivity index (χ1) is 6.81. The fourth-order valence-corrected chi connectivity index (χ4v) is 1.52. The summed E-state index contributed by atoms with van der Waals surface area (Å²) in [4.78, 5) is 3.98. The van der Waals surface area contributed by atoms with Crippen LogP contribution in [0.5, 0.6) is 0 Å². The van der Waals surface area contributed by atoms with Crippen molar-refractivity contribution in [3.8, 4) is 0 Å². The molecule has 0 bridgehead atoms. The van der Waals surface area contributed by atoms with E-state index in [-0.39, 0.29) is 5.82 Å². The lowest BCUT2D eigenvalue weighted by molar-refractivity contribution is 0.634. The first kappa shape index (κ1) is 9.09. The molecule has 0 saturated heterocycles. The molecule has 0 fully saturated rings. The highest BCUT2D eigenvalue weighted by Crippen LogP contribution is 2.17. The van der Waals surface area contributed by atoms with Crippen LogP contribution in [0.15, 0.2) is 30.5 Å². The molecule has 0 aliphatic carbocycles. The van der Waals surface area contributed by atoms with Crippen LogP contribution in [0.1, 0.15) is 5.56 Å². The van der Waals surface area contributed by atoms with Crippen molar-refractivity contribution >= 4 is 10.9 Å². The Balaban J connectivity index is 2.60. The summed E-state index contributed by atoms with van der Waals surface area (Å²) in [6.07, 6.45) is 2.29. The molecule has 0 saturated carbocycles. The predicted molar refractivity (Wildman–Crippen MR) is 54.5 cm³/mol. The van der Waals surface area contributed by atoms with Crippen molar-refractivity contribution in [3.63, 3.8) is 0 Å². The van der Waals surface area contributed by atoms with Crippen molar-refractivity contribution in [2.75, 3.05) is 6.54 Å². The van der Waals surface area contributed by atoms with Crippen LogP contribution in [0, 0.1) is 5.82 Å². The molecule has 0 atom stereocenters. The highest BCUT2D eigenvalue weighted by molar-refractivity contribution is 5.79. The van der Waals surface area contributed by atoms with Gasteiger partial charge in [-0.2, -0.15) is 0 Å². The molecule has 0 amide bonds. The van der Waals surface area contributed by atoms with Crippen molar-refractivity contribution in [2.45, 2.75) is 6.42 Å². The Bertz CT molecular complexity index is 454. The van der Waals surface area contributed by atoms with Crippen molar-refractivity contribution in [1.29, 1.82) is 0 Å². The number of rotatable bonds is 2. The molecule has 0 radical (unpaired) electrons. The molecule has 2 N–H and O–H groups in total. The van der Waals surface area contributed by atoms with Crippen LogP contribution < -0.4 is 5.73 Å². The Morgan fingerprint density at radius 3 is 3.00 bits per heavy atom. The highest BCUT2D eigenvalue weighted by atomic mass is 19.1. The van der Waals surface area contributed by atoms with Gasteiger partial charge in [-0.05, 0) is 36.7 Å². The van der Waals surface area contributed by atoms with E-state index in [9.17, 15) is 4.39 Å². The number of nitrogens with two attached hydrogens (primary N) is 1. The van der Waals surface area contributed by atoms with Gasteiger partial charge < -0.3 is 5.73 Å². The maximum Gasteiger partial charge on any atom is 0.149 e. The summed E-state index contributed by atoms with van der Waals surface area (Å²) in [5.74, 6) is -0.272. The average molecular weight is 190 g/mol. The fourth-order valence-electron chi connectivity index (χ4n) is 1.52. The van der Waals surface area contributed by atoms with E-state index < -0.39 is 0 Å². The van der Waals surface area contributed by atoms with Gasteiger partial charge in [-0.1, -0.05) is 6.07 Å².